The van der Waals surface area contributed by atoms with E-state index in [9.17, 15) is 4.79 Å². The van der Waals surface area contributed by atoms with E-state index in [4.69, 9.17) is 11.5 Å². The van der Waals surface area contributed by atoms with E-state index >= 15 is 0 Å². The van der Waals surface area contributed by atoms with Crippen molar-refractivity contribution in [1.82, 2.24) is 0 Å². The lowest BCUT2D eigenvalue weighted by Gasteiger charge is -2.12. The van der Waals surface area contributed by atoms with Crippen molar-refractivity contribution < 1.29 is 4.79 Å². The van der Waals surface area contributed by atoms with Crippen molar-refractivity contribution in [1.29, 1.82) is 0 Å². The van der Waals surface area contributed by atoms with Gasteiger partial charge in [0.25, 0.3) is 5.91 Å². The molecule has 0 bridgehead atoms. The molecule has 5 heteroatoms. The molecule has 0 radical (unpaired) electrons. The minimum atomic E-state index is -0.528. The van der Waals surface area contributed by atoms with Gasteiger partial charge in [0.2, 0.25) is 0 Å². The van der Waals surface area contributed by atoms with Crippen LogP contribution < -0.4 is 16.8 Å². The Kier molecular flexibility index (Phi) is 3.97. The van der Waals surface area contributed by atoms with Crippen LogP contribution in [0.5, 0.6) is 0 Å². The smallest absolute Gasteiger partial charge is 0.250 e. The van der Waals surface area contributed by atoms with E-state index in [1.54, 1.807) is 23.9 Å². The summed E-state index contributed by atoms with van der Waals surface area (Å²) >= 11 is 1.65. The molecule has 0 aliphatic rings. The summed E-state index contributed by atoms with van der Waals surface area (Å²) in [6.07, 6.45) is 2.01. The molecule has 0 atom stereocenters. The summed E-state index contributed by atoms with van der Waals surface area (Å²) in [5.41, 5.74) is 13.5. The molecule has 1 amide bonds. The second-order valence-corrected chi connectivity index (χ2v) is 4.84. The Morgan fingerprint density at radius 1 is 1.21 bits per heavy atom. The van der Waals surface area contributed by atoms with E-state index in [-0.39, 0.29) is 0 Å². The van der Waals surface area contributed by atoms with Gasteiger partial charge in [-0.15, -0.1) is 11.8 Å². The highest BCUT2D eigenvalue weighted by Gasteiger charge is 2.07. The summed E-state index contributed by atoms with van der Waals surface area (Å²) in [5, 5.41) is 3.26. The third-order valence-corrected chi connectivity index (χ3v) is 3.50. The lowest BCUT2D eigenvalue weighted by atomic mass is 10.1. The first-order chi connectivity index (χ1) is 9.11. The van der Waals surface area contributed by atoms with Crippen LogP contribution >= 0.6 is 11.8 Å². The first-order valence-corrected chi connectivity index (χ1v) is 6.93. The molecule has 2 aromatic carbocycles. The second kappa shape index (κ2) is 5.67. The number of primary amides is 1. The summed E-state index contributed by atoms with van der Waals surface area (Å²) in [6.45, 7) is 0. The molecular weight excluding hydrogens is 258 g/mol. The highest BCUT2D eigenvalue weighted by Crippen LogP contribution is 2.28. The monoisotopic (exact) mass is 273 g/mol. The van der Waals surface area contributed by atoms with Gasteiger partial charge in [0.05, 0.1) is 11.3 Å². The van der Waals surface area contributed by atoms with Gasteiger partial charge in [-0.25, -0.2) is 0 Å². The lowest BCUT2D eigenvalue weighted by Crippen LogP contribution is -2.13. The molecule has 0 fully saturated rings. The first kappa shape index (κ1) is 13.3. The molecule has 2 rings (SSSR count). The number of hydrogen-bond donors (Lipinski definition) is 3. The number of hydrogen-bond acceptors (Lipinski definition) is 4. The standard InChI is InChI=1S/C14H15N3OS/c1-19-13-5-3-2-4-12(13)17-9-6-7-11(15)10(8-9)14(16)18/h2-8,17H,15H2,1H3,(H2,16,18). The first-order valence-electron chi connectivity index (χ1n) is 5.71. The van der Waals surface area contributed by atoms with Crippen molar-refractivity contribution in [2.24, 2.45) is 5.73 Å². The van der Waals surface area contributed by atoms with Crippen LogP contribution in [0.25, 0.3) is 0 Å². The number of carbonyl (C=O) groups is 1. The average molecular weight is 273 g/mol. The SMILES string of the molecule is CSc1ccccc1Nc1ccc(N)c(C(N)=O)c1. The van der Waals surface area contributed by atoms with Crippen LogP contribution in [0.4, 0.5) is 17.1 Å². The number of benzene rings is 2. The molecule has 98 valence electrons. The summed E-state index contributed by atoms with van der Waals surface area (Å²) in [4.78, 5) is 12.4. The van der Waals surface area contributed by atoms with Gasteiger partial charge in [-0.1, -0.05) is 12.1 Å². The highest BCUT2D eigenvalue weighted by atomic mass is 32.2. The number of anilines is 3. The van der Waals surface area contributed by atoms with Crippen LogP contribution in [0.1, 0.15) is 10.4 Å². The zero-order valence-electron chi connectivity index (χ0n) is 10.5. The number of nitrogens with two attached hydrogens (primary N) is 2. The molecule has 19 heavy (non-hydrogen) atoms. The van der Waals surface area contributed by atoms with Crippen LogP contribution in [0.3, 0.4) is 0 Å². The highest BCUT2D eigenvalue weighted by molar-refractivity contribution is 7.98. The number of rotatable bonds is 4. The van der Waals surface area contributed by atoms with Crippen molar-refractivity contribution in [2.45, 2.75) is 4.90 Å². The topological polar surface area (TPSA) is 81.1 Å². The predicted octanol–water partition coefficient (Wildman–Crippen LogP) is 2.83. The number of nitrogens with one attached hydrogen (secondary N) is 1. The molecule has 0 saturated carbocycles. The van der Waals surface area contributed by atoms with Crippen LogP contribution in [0.15, 0.2) is 47.4 Å². The van der Waals surface area contributed by atoms with E-state index in [0.717, 1.165) is 16.3 Å². The third-order valence-electron chi connectivity index (χ3n) is 2.70. The van der Waals surface area contributed by atoms with Gasteiger partial charge in [-0.3, -0.25) is 4.79 Å². The molecule has 2 aromatic rings. The van der Waals surface area contributed by atoms with E-state index in [2.05, 4.69) is 5.32 Å². The molecule has 0 aliphatic carbocycles. The molecule has 0 aromatic heterocycles. The van der Waals surface area contributed by atoms with Crippen molar-refractivity contribution in [3.8, 4) is 0 Å². The van der Waals surface area contributed by atoms with Gasteiger partial charge < -0.3 is 16.8 Å². The Balaban J connectivity index is 2.33. The minimum absolute atomic E-state index is 0.326. The quantitative estimate of drug-likeness (QED) is 0.591. The van der Waals surface area contributed by atoms with E-state index < -0.39 is 5.91 Å². The van der Waals surface area contributed by atoms with Crippen molar-refractivity contribution in [2.75, 3.05) is 17.3 Å². The molecule has 4 nitrogen and oxygen atoms in total. The largest absolute Gasteiger partial charge is 0.398 e. The molecule has 0 spiro atoms. The van der Waals surface area contributed by atoms with Crippen LogP contribution in [-0.2, 0) is 0 Å². The fourth-order valence-corrected chi connectivity index (χ4v) is 2.30. The summed E-state index contributed by atoms with van der Waals surface area (Å²) in [6, 6.07) is 13.1. The van der Waals surface area contributed by atoms with E-state index in [0.29, 0.717) is 11.3 Å². The number of nitrogen functional groups attached to an aromatic ring is 1. The van der Waals surface area contributed by atoms with Gasteiger partial charge in [0.1, 0.15) is 0 Å². The fraction of sp³-hybridized carbons (Fsp3) is 0.0714. The van der Waals surface area contributed by atoms with Gasteiger partial charge in [0, 0.05) is 16.3 Å². The van der Waals surface area contributed by atoms with Crippen molar-refractivity contribution in [3.05, 3.63) is 48.0 Å². The fourth-order valence-electron chi connectivity index (χ4n) is 1.75. The second-order valence-electron chi connectivity index (χ2n) is 3.99. The number of para-hydroxylation sites is 1. The number of amides is 1. The summed E-state index contributed by atoms with van der Waals surface area (Å²) < 4.78 is 0. The molecule has 0 saturated heterocycles. The summed E-state index contributed by atoms with van der Waals surface area (Å²) in [7, 11) is 0. The molecular formula is C14H15N3OS. The maximum atomic E-state index is 11.3. The van der Waals surface area contributed by atoms with E-state index in [1.807, 2.05) is 36.6 Å². The maximum absolute atomic E-state index is 11.3. The van der Waals surface area contributed by atoms with Gasteiger partial charge in [-0.05, 0) is 36.6 Å². The Morgan fingerprint density at radius 3 is 2.63 bits per heavy atom. The maximum Gasteiger partial charge on any atom is 0.250 e. The van der Waals surface area contributed by atoms with Gasteiger partial charge >= 0.3 is 0 Å². The number of thioether (sulfide) groups is 1. The Labute approximate surface area is 116 Å². The zero-order valence-corrected chi connectivity index (χ0v) is 11.3. The third kappa shape index (κ3) is 3.00. The molecule has 0 aliphatic heterocycles. The van der Waals surface area contributed by atoms with Crippen LogP contribution in [-0.4, -0.2) is 12.2 Å². The minimum Gasteiger partial charge on any atom is -0.398 e. The van der Waals surface area contributed by atoms with E-state index in [1.165, 1.54) is 0 Å². The zero-order chi connectivity index (χ0) is 13.8. The molecule has 0 unspecified atom stereocenters. The lowest BCUT2D eigenvalue weighted by molar-refractivity contribution is 0.100. The van der Waals surface area contributed by atoms with Crippen molar-refractivity contribution in [3.63, 3.8) is 0 Å². The Bertz CT molecular complexity index is 613. The molecule has 5 N–H and O–H groups in total. The van der Waals surface area contributed by atoms with Crippen LogP contribution in [0.2, 0.25) is 0 Å². The average Bonchev–Trinajstić information content (AvgIpc) is 2.41. The Hall–Kier alpha value is -2.14. The van der Waals surface area contributed by atoms with Crippen molar-refractivity contribution >= 4 is 34.7 Å². The Morgan fingerprint density at radius 2 is 1.95 bits per heavy atom. The van der Waals surface area contributed by atoms with Crippen LogP contribution in [0, 0.1) is 0 Å². The molecule has 0 heterocycles. The number of carbonyl (C=O) groups excluding carboxylic acids is 1. The van der Waals surface area contributed by atoms with Gasteiger partial charge in [-0.2, -0.15) is 0 Å². The summed E-state index contributed by atoms with van der Waals surface area (Å²) in [5.74, 6) is -0.528. The van der Waals surface area contributed by atoms with Gasteiger partial charge in [0.15, 0.2) is 0 Å². The normalized spacial score (nSPS) is 10.2. The predicted molar refractivity (Wildman–Crippen MR) is 80.9 cm³/mol.